The van der Waals surface area contributed by atoms with Gasteiger partial charge in [-0.3, -0.25) is 9.10 Å². The number of nitrogens with zero attached hydrogens (tertiary/aromatic N) is 1. The second-order valence-electron chi connectivity index (χ2n) is 7.82. The van der Waals surface area contributed by atoms with Crippen molar-refractivity contribution in [2.45, 2.75) is 20.4 Å². The Balaban J connectivity index is 1.57. The fourth-order valence-electron chi connectivity index (χ4n) is 3.35. The molecule has 0 bridgehead atoms. The molecule has 0 fully saturated rings. The molecule has 0 aliphatic rings. The van der Waals surface area contributed by atoms with Crippen LogP contribution in [0.4, 0.5) is 5.69 Å². The quantitative estimate of drug-likeness (QED) is 0.443. The van der Waals surface area contributed by atoms with E-state index in [9.17, 15) is 13.2 Å². The summed E-state index contributed by atoms with van der Waals surface area (Å²) in [6.07, 6.45) is 1.15. The Labute approximate surface area is 200 Å². The minimum Gasteiger partial charge on any atom is -0.491 e. The van der Waals surface area contributed by atoms with Crippen molar-refractivity contribution >= 4 is 33.2 Å². The van der Waals surface area contributed by atoms with Gasteiger partial charge in [0, 0.05) is 10.6 Å². The van der Waals surface area contributed by atoms with Gasteiger partial charge < -0.3 is 10.1 Å². The molecule has 33 heavy (non-hydrogen) atoms. The summed E-state index contributed by atoms with van der Waals surface area (Å²) in [5.74, 6) is 0.579. The Kier molecular flexibility index (Phi) is 8.00. The average molecular weight is 487 g/mol. The molecule has 174 valence electrons. The highest BCUT2D eigenvalue weighted by atomic mass is 35.5. The Bertz CT molecular complexity index is 1230. The first kappa shape index (κ1) is 24.6. The van der Waals surface area contributed by atoms with Gasteiger partial charge in [0.15, 0.2) is 0 Å². The number of rotatable bonds is 9. The first-order valence-corrected chi connectivity index (χ1v) is 12.7. The summed E-state index contributed by atoms with van der Waals surface area (Å²) in [4.78, 5) is 12.4. The molecule has 0 spiro atoms. The fraction of sp³-hybridized carbons (Fsp3) is 0.240. The molecule has 1 N–H and O–H groups in total. The lowest BCUT2D eigenvalue weighted by Gasteiger charge is -2.22. The Morgan fingerprint density at radius 3 is 2.39 bits per heavy atom. The monoisotopic (exact) mass is 486 g/mol. The fourth-order valence-corrected chi connectivity index (χ4v) is 4.41. The predicted octanol–water partition coefficient (Wildman–Crippen LogP) is 4.73. The van der Waals surface area contributed by atoms with E-state index in [1.54, 1.807) is 48.5 Å². The number of halogens is 1. The van der Waals surface area contributed by atoms with Crippen LogP contribution in [-0.2, 0) is 16.6 Å². The van der Waals surface area contributed by atoms with E-state index in [-0.39, 0.29) is 12.5 Å². The number of hydrogen-bond donors (Lipinski definition) is 1. The van der Waals surface area contributed by atoms with E-state index >= 15 is 0 Å². The third kappa shape index (κ3) is 6.97. The molecule has 0 saturated heterocycles. The standard InChI is InChI=1S/C25H27ClN2O4S/c1-18-7-12-24(19(2)15-18)32-14-13-27-25(29)21-10-8-20(9-11-21)17-28(33(3,30)31)23-6-4-5-22(26)16-23/h4-12,15-16H,13-14,17H2,1-3H3,(H,27,29). The van der Waals surface area contributed by atoms with Crippen LogP contribution in [0.15, 0.2) is 66.7 Å². The van der Waals surface area contributed by atoms with Gasteiger partial charge in [-0.1, -0.05) is 47.5 Å². The lowest BCUT2D eigenvalue weighted by atomic mass is 10.1. The number of benzene rings is 3. The van der Waals surface area contributed by atoms with Crippen molar-refractivity contribution < 1.29 is 17.9 Å². The van der Waals surface area contributed by atoms with E-state index in [4.69, 9.17) is 16.3 Å². The van der Waals surface area contributed by atoms with Gasteiger partial charge in [-0.2, -0.15) is 0 Å². The summed E-state index contributed by atoms with van der Waals surface area (Å²) in [5.41, 5.74) is 3.94. The summed E-state index contributed by atoms with van der Waals surface area (Å²) in [6, 6.07) is 19.5. The first-order chi connectivity index (χ1) is 15.6. The van der Waals surface area contributed by atoms with Crippen LogP contribution in [0.25, 0.3) is 0 Å². The maximum Gasteiger partial charge on any atom is 0.251 e. The maximum atomic E-state index is 12.4. The molecule has 6 nitrogen and oxygen atoms in total. The number of carbonyl (C=O) groups is 1. The number of sulfonamides is 1. The van der Waals surface area contributed by atoms with Gasteiger partial charge in [-0.25, -0.2) is 8.42 Å². The third-order valence-electron chi connectivity index (χ3n) is 5.01. The smallest absolute Gasteiger partial charge is 0.251 e. The second-order valence-corrected chi connectivity index (χ2v) is 10.2. The molecule has 3 aromatic carbocycles. The predicted molar refractivity (Wildman–Crippen MR) is 133 cm³/mol. The van der Waals surface area contributed by atoms with Gasteiger partial charge in [0.25, 0.3) is 5.91 Å². The van der Waals surface area contributed by atoms with Crippen molar-refractivity contribution in [3.8, 4) is 5.75 Å². The van der Waals surface area contributed by atoms with E-state index in [0.29, 0.717) is 29.4 Å². The lowest BCUT2D eigenvalue weighted by Crippen LogP contribution is -2.29. The molecule has 0 radical (unpaired) electrons. The van der Waals surface area contributed by atoms with Crippen molar-refractivity contribution in [2.75, 3.05) is 23.7 Å². The molecule has 0 aromatic heterocycles. The summed E-state index contributed by atoms with van der Waals surface area (Å²) >= 11 is 6.02. The summed E-state index contributed by atoms with van der Waals surface area (Å²) in [6.45, 7) is 4.87. The van der Waals surface area contributed by atoms with Crippen LogP contribution >= 0.6 is 11.6 Å². The van der Waals surface area contributed by atoms with E-state index in [1.807, 2.05) is 32.0 Å². The molecule has 0 heterocycles. The Hall–Kier alpha value is -3.03. The van der Waals surface area contributed by atoms with E-state index in [1.165, 1.54) is 9.87 Å². The zero-order valence-corrected chi connectivity index (χ0v) is 20.4. The Morgan fingerprint density at radius 1 is 1.03 bits per heavy atom. The lowest BCUT2D eigenvalue weighted by molar-refractivity contribution is 0.0947. The number of ether oxygens (including phenoxy) is 1. The van der Waals surface area contributed by atoms with Gasteiger partial charge in [0.05, 0.1) is 25.0 Å². The molecule has 1 amide bonds. The van der Waals surface area contributed by atoms with Crippen LogP contribution in [0, 0.1) is 13.8 Å². The number of hydrogen-bond acceptors (Lipinski definition) is 4. The average Bonchev–Trinajstić information content (AvgIpc) is 2.75. The van der Waals surface area contributed by atoms with Crippen LogP contribution < -0.4 is 14.4 Å². The van der Waals surface area contributed by atoms with Crippen molar-refractivity contribution in [3.05, 3.63) is 94.0 Å². The van der Waals surface area contributed by atoms with Gasteiger partial charge in [-0.15, -0.1) is 0 Å². The molecule has 3 rings (SSSR count). The molecular weight excluding hydrogens is 460 g/mol. The molecule has 8 heteroatoms. The molecule has 0 atom stereocenters. The van der Waals surface area contributed by atoms with Crippen molar-refractivity contribution in [1.29, 1.82) is 0 Å². The highest BCUT2D eigenvalue weighted by Gasteiger charge is 2.18. The zero-order valence-electron chi connectivity index (χ0n) is 18.8. The van der Waals surface area contributed by atoms with Crippen molar-refractivity contribution in [2.24, 2.45) is 0 Å². The van der Waals surface area contributed by atoms with Gasteiger partial charge in [0.2, 0.25) is 10.0 Å². The van der Waals surface area contributed by atoms with Gasteiger partial charge in [0.1, 0.15) is 12.4 Å². The third-order valence-corrected chi connectivity index (χ3v) is 6.39. The zero-order chi connectivity index (χ0) is 24.0. The molecular formula is C25H27ClN2O4S. The minimum absolute atomic E-state index is 0.130. The topological polar surface area (TPSA) is 75.7 Å². The van der Waals surface area contributed by atoms with Crippen molar-refractivity contribution in [3.63, 3.8) is 0 Å². The van der Waals surface area contributed by atoms with E-state index in [0.717, 1.165) is 23.1 Å². The number of nitrogens with one attached hydrogen (secondary N) is 1. The van der Waals surface area contributed by atoms with Crippen molar-refractivity contribution in [1.82, 2.24) is 5.32 Å². The first-order valence-electron chi connectivity index (χ1n) is 10.4. The van der Waals surface area contributed by atoms with Crippen LogP contribution in [0.3, 0.4) is 0 Å². The summed E-state index contributed by atoms with van der Waals surface area (Å²) in [7, 11) is -3.52. The number of anilines is 1. The van der Waals surface area contributed by atoms with E-state index < -0.39 is 10.0 Å². The largest absolute Gasteiger partial charge is 0.491 e. The Morgan fingerprint density at radius 2 is 1.76 bits per heavy atom. The van der Waals surface area contributed by atoms with Crippen LogP contribution in [-0.4, -0.2) is 33.7 Å². The van der Waals surface area contributed by atoms with Crippen LogP contribution in [0.1, 0.15) is 27.0 Å². The second kappa shape index (κ2) is 10.7. The van der Waals surface area contributed by atoms with Gasteiger partial charge >= 0.3 is 0 Å². The van der Waals surface area contributed by atoms with Gasteiger partial charge in [-0.05, 0) is 61.4 Å². The molecule has 0 unspecified atom stereocenters. The summed E-state index contributed by atoms with van der Waals surface area (Å²) < 4.78 is 31.6. The SMILES string of the molecule is Cc1ccc(OCCNC(=O)c2ccc(CN(c3cccc(Cl)c3)S(C)(=O)=O)cc2)c(C)c1. The van der Waals surface area contributed by atoms with Crippen LogP contribution in [0.2, 0.25) is 5.02 Å². The highest BCUT2D eigenvalue weighted by molar-refractivity contribution is 7.92. The molecule has 0 saturated carbocycles. The molecule has 0 aliphatic heterocycles. The number of carbonyl (C=O) groups excluding carboxylic acids is 1. The number of amides is 1. The maximum absolute atomic E-state index is 12.4. The highest BCUT2D eigenvalue weighted by Crippen LogP contribution is 2.24. The van der Waals surface area contributed by atoms with E-state index in [2.05, 4.69) is 5.32 Å². The minimum atomic E-state index is -3.52. The molecule has 3 aromatic rings. The van der Waals surface area contributed by atoms with Crippen LogP contribution in [0.5, 0.6) is 5.75 Å². The normalized spacial score (nSPS) is 11.2. The number of aryl methyl sites for hydroxylation is 2. The summed E-state index contributed by atoms with van der Waals surface area (Å²) in [5, 5.41) is 3.29. The molecule has 0 aliphatic carbocycles.